The highest BCUT2D eigenvalue weighted by Crippen LogP contribution is 2.26. The van der Waals surface area contributed by atoms with Crippen LogP contribution in [0.3, 0.4) is 0 Å². The van der Waals surface area contributed by atoms with Gasteiger partial charge >= 0.3 is 0 Å². The highest BCUT2D eigenvalue weighted by atomic mass is 16.5. The van der Waals surface area contributed by atoms with E-state index in [1.54, 1.807) is 7.11 Å². The predicted molar refractivity (Wildman–Crippen MR) is 52.0 cm³/mol. The first-order chi connectivity index (χ1) is 6.40. The second kappa shape index (κ2) is 3.79. The lowest BCUT2D eigenvalue weighted by Crippen LogP contribution is -2.04. The number of nitrogens with zero attached hydrogens (tertiary/aromatic N) is 1. The van der Waals surface area contributed by atoms with Crippen molar-refractivity contribution < 1.29 is 4.74 Å². The molecule has 1 unspecified atom stereocenters. The van der Waals surface area contributed by atoms with Crippen molar-refractivity contribution >= 4 is 0 Å². The van der Waals surface area contributed by atoms with E-state index in [0.717, 1.165) is 12.3 Å². The minimum absolute atomic E-state index is 0.412. The van der Waals surface area contributed by atoms with Crippen LogP contribution in [0.2, 0.25) is 0 Å². The number of hydrogen-bond acceptors (Lipinski definition) is 1. The smallest absolute Gasteiger partial charge is 0.119 e. The molecular formula is C11H14NO. The first-order valence-corrected chi connectivity index (χ1v) is 4.71. The molecule has 2 rings (SSSR count). The normalized spacial score (nSPS) is 21.8. The predicted octanol–water partition coefficient (Wildman–Crippen LogP) is 2.13. The molecule has 1 aromatic rings. The van der Waals surface area contributed by atoms with E-state index in [4.69, 9.17) is 4.74 Å². The van der Waals surface area contributed by atoms with Gasteiger partial charge in [0.1, 0.15) is 5.75 Å². The second-order valence-corrected chi connectivity index (χ2v) is 3.34. The van der Waals surface area contributed by atoms with E-state index in [1.165, 1.54) is 18.4 Å². The van der Waals surface area contributed by atoms with Gasteiger partial charge in [-0.2, -0.15) is 0 Å². The van der Waals surface area contributed by atoms with E-state index in [2.05, 4.69) is 17.4 Å². The van der Waals surface area contributed by atoms with Crippen molar-refractivity contribution in [2.75, 3.05) is 13.7 Å². The van der Waals surface area contributed by atoms with Crippen molar-refractivity contribution in [3.63, 3.8) is 0 Å². The maximum Gasteiger partial charge on any atom is 0.119 e. The van der Waals surface area contributed by atoms with Crippen LogP contribution in [0.25, 0.3) is 0 Å². The summed E-state index contributed by atoms with van der Waals surface area (Å²) in [6.07, 6.45) is 2.41. The quantitative estimate of drug-likeness (QED) is 0.677. The fraction of sp³-hybridized carbons (Fsp3) is 0.455. The van der Waals surface area contributed by atoms with Crippen LogP contribution in [0.1, 0.15) is 24.4 Å². The molecule has 1 radical (unpaired) electrons. The fourth-order valence-corrected chi connectivity index (χ4v) is 1.74. The summed E-state index contributed by atoms with van der Waals surface area (Å²) in [7, 11) is 1.70. The Hall–Kier alpha value is -1.02. The zero-order valence-corrected chi connectivity index (χ0v) is 7.86. The zero-order chi connectivity index (χ0) is 9.10. The van der Waals surface area contributed by atoms with E-state index in [-0.39, 0.29) is 0 Å². The molecule has 0 amide bonds. The van der Waals surface area contributed by atoms with E-state index in [1.807, 2.05) is 12.1 Å². The van der Waals surface area contributed by atoms with Crippen LogP contribution >= 0.6 is 0 Å². The maximum atomic E-state index is 5.17. The third-order valence-corrected chi connectivity index (χ3v) is 2.46. The van der Waals surface area contributed by atoms with Crippen molar-refractivity contribution in [3.05, 3.63) is 29.8 Å². The van der Waals surface area contributed by atoms with Gasteiger partial charge in [0, 0.05) is 12.6 Å². The van der Waals surface area contributed by atoms with Gasteiger partial charge in [-0.15, -0.1) is 0 Å². The Morgan fingerprint density at radius 3 is 3.08 bits per heavy atom. The Balaban J connectivity index is 2.18. The fourth-order valence-electron chi connectivity index (χ4n) is 1.74. The molecule has 1 heterocycles. The van der Waals surface area contributed by atoms with Gasteiger partial charge in [-0.3, -0.25) is 0 Å². The van der Waals surface area contributed by atoms with Crippen LogP contribution in [0.5, 0.6) is 5.75 Å². The highest BCUT2D eigenvalue weighted by Gasteiger charge is 2.17. The molecule has 13 heavy (non-hydrogen) atoms. The van der Waals surface area contributed by atoms with Gasteiger partial charge < -0.3 is 4.74 Å². The van der Waals surface area contributed by atoms with Gasteiger partial charge in [-0.05, 0) is 30.5 Å². The SMILES string of the molecule is COc1cccc(C2CCC[N]2)c1. The van der Waals surface area contributed by atoms with Gasteiger partial charge in [0.15, 0.2) is 0 Å². The van der Waals surface area contributed by atoms with Crippen molar-refractivity contribution in [1.82, 2.24) is 5.32 Å². The van der Waals surface area contributed by atoms with Crippen LogP contribution in [-0.4, -0.2) is 13.7 Å². The number of benzene rings is 1. The van der Waals surface area contributed by atoms with E-state index in [0.29, 0.717) is 6.04 Å². The third kappa shape index (κ3) is 1.83. The Morgan fingerprint density at radius 1 is 1.46 bits per heavy atom. The number of rotatable bonds is 2. The summed E-state index contributed by atoms with van der Waals surface area (Å²) < 4.78 is 5.17. The molecule has 1 fully saturated rings. The lowest BCUT2D eigenvalue weighted by Gasteiger charge is -2.09. The summed E-state index contributed by atoms with van der Waals surface area (Å²) in [5, 5.41) is 4.53. The molecule has 0 N–H and O–H groups in total. The molecule has 0 aromatic heterocycles. The zero-order valence-electron chi connectivity index (χ0n) is 7.86. The molecule has 1 aliphatic heterocycles. The van der Waals surface area contributed by atoms with Gasteiger partial charge in [0.2, 0.25) is 0 Å². The van der Waals surface area contributed by atoms with Crippen LogP contribution in [0.4, 0.5) is 0 Å². The first-order valence-electron chi connectivity index (χ1n) is 4.71. The average molecular weight is 176 g/mol. The van der Waals surface area contributed by atoms with Gasteiger partial charge in [0.05, 0.1) is 7.11 Å². The molecule has 0 saturated carbocycles. The minimum Gasteiger partial charge on any atom is -0.497 e. The first kappa shape index (κ1) is 8.57. The summed E-state index contributed by atoms with van der Waals surface area (Å²) >= 11 is 0. The lowest BCUT2D eigenvalue weighted by molar-refractivity contribution is 0.413. The number of methoxy groups -OCH3 is 1. The summed E-state index contributed by atoms with van der Waals surface area (Å²) in [4.78, 5) is 0. The summed E-state index contributed by atoms with van der Waals surface area (Å²) in [6, 6.07) is 8.62. The molecule has 0 spiro atoms. The molecule has 1 saturated heterocycles. The minimum atomic E-state index is 0.412. The van der Waals surface area contributed by atoms with Crippen LogP contribution in [-0.2, 0) is 0 Å². The standard InChI is InChI=1S/C11H14NO/c1-13-10-5-2-4-9(8-10)11-6-3-7-12-11/h2,4-5,8,11H,3,6-7H2,1H3. The topological polar surface area (TPSA) is 23.3 Å². The van der Waals surface area contributed by atoms with Crippen LogP contribution < -0.4 is 10.1 Å². The summed E-state index contributed by atoms with van der Waals surface area (Å²) in [6.45, 7) is 1.02. The van der Waals surface area contributed by atoms with Gasteiger partial charge in [-0.25, -0.2) is 5.32 Å². The van der Waals surface area contributed by atoms with Crippen LogP contribution in [0.15, 0.2) is 24.3 Å². The molecule has 1 atom stereocenters. The van der Waals surface area contributed by atoms with Gasteiger partial charge in [-0.1, -0.05) is 12.1 Å². The largest absolute Gasteiger partial charge is 0.497 e. The maximum absolute atomic E-state index is 5.17. The monoisotopic (exact) mass is 176 g/mol. The molecular weight excluding hydrogens is 162 g/mol. The Morgan fingerprint density at radius 2 is 2.38 bits per heavy atom. The van der Waals surface area contributed by atoms with Gasteiger partial charge in [0.25, 0.3) is 0 Å². The lowest BCUT2D eigenvalue weighted by atomic mass is 10.1. The molecule has 2 nitrogen and oxygen atoms in total. The molecule has 0 aliphatic carbocycles. The number of hydrogen-bond donors (Lipinski definition) is 0. The molecule has 1 aliphatic rings. The second-order valence-electron chi connectivity index (χ2n) is 3.34. The number of ether oxygens (including phenoxy) is 1. The van der Waals surface area contributed by atoms with E-state index >= 15 is 0 Å². The highest BCUT2D eigenvalue weighted by molar-refractivity contribution is 5.30. The molecule has 1 aromatic carbocycles. The Labute approximate surface area is 78.9 Å². The van der Waals surface area contributed by atoms with Crippen molar-refractivity contribution in [3.8, 4) is 5.75 Å². The van der Waals surface area contributed by atoms with E-state index < -0.39 is 0 Å². The third-order valence-electron chi connectivity index (χ3n) is 2.46. The molecule has 0 bridgehead atoms. The van der Waals surface area contributed by atoms with E-state index in [9.17, 15) is 0 Å². The molecule has 69 valence electrons. The van der Waals surface area contributed by atoms with Crippen LogP contribution in [0, 0.1) is 0 Å². The van der Waals surface area contributed by atoms with Crippen molar-refractivity contribution in [1.29, 1.82) is 0 Å². The molecule has 2 heteroatoms. The Kier molecular flexibility index (Phi) is 2.50. The summed E-state index contributed by atoms with van der Waals surface area (Å²) in [5.41, 5.74) is 1.29. The average Bonchev–Trinajstić information content (AvgIpc) is 2.71. The van der Waals surface area contributed by atoms with Crippen molar-refractivity contribution in [2.45, 2.75) is 18.9 Å². The van der Waals surface area contributed by atoms with Crippen molar-refractivity contribution in [2.24, 2.45) is 0 Å². The Bertz CT molecular complexity index is 279. The summed E-state index contributed by atoms with van der Waals surface area (Å²) in [5.74, 6) is 0.930.